The van der Waals surface area contributed by atoms with E-state index in [1.54, 1.807) is 42.1 Å². The average Bonchev–Trinajstić information content (AvgIpc) is 3.21. The molecule has 0 fully saturated rings. The lowest BCUT2D eigenvalue weighted by atomic mass is 9.98. The van der Waals surface area contributed by atoms with Crippen molar-refractivity contribution in [3.63, 3.8) is 0 Å². The number of phenols is 1. The van der Waals surface area contributed by atoms with Crippen LogP contribution in [0.25, 0.3) is 33.3 Å². The Labute approximate surface area is 179 Å². The molecule has 0 amide bonds. The Morgan fingerprint density at radius 2 is 1.70 bits per heavy atom. The molecule has 7 nitrogen and oxygen atoms in total. The Hall–Kier alpha value is -3.39. The molecule has 3 heterocycles. The first kappa shape index (κ1) is 19.9. The highest BCUT2D eigenvalue weighted by molar-refractivity contribution is 7.18. The summed E-state index contributed by atoms with van der Waals surface area (Å²) >= 11 is 1.56. The number of hydrogen-bond donors (Lipinski definition) is 2. The smallest absolute Gasteiger partial charge is 0.183 e. The number of benzene rings is 1. The molecule has 4 rings (SSSR count). The largest absolute Gasteiger partial charge is 0.508 e. The molecule has 3 aromatic heterocycles. The maximum atomic E-state index is 9.94. The number of hydrogen-bond acceptors (Lipinski definition) is 8. The molecular formula is C22H22N6OS. The predicted molar refractivity (Wildman–Crippen MR) is 120 cm³/mol. The summed E-state index contributed by atoms with van der Waals surface area (Å²) < 4.78 is 0. The molecule has 30 heavy (non-hydrogen) atoms. The molecule has 0 aliphatic carbocycles. The van der Waals surface area contributed by atoms with Gasteiger partial charge in [0.2, 0.25) is 0 Å². The number of thiazole rings is 1. The summed E-state index contributed by atoms with van der Waals surface area (Å²) in [6, 6.07) is 5.44. The SMILES string of the molecule is CCCNc1ncc(-c2cc(-c3c(C)cc(O)cc3C)nc(-c3cnccn3)n2)s1. The molecule has 0 saturated carbocycles. The first-order chi connectivity index (χ1) is 14.5. The number of aromatic hydroxyl groups is 1. The third-order valence-electron chi connectivity index (χ3n) is 4.58. The van der Waals surface area contributed by atoms with Crippen molar-refractivity contribution in [3.8, 4) is 39.1 Å². The van der Waals surface area contributed by atoms with Crippen molar-refractivity contribution in [3.05, 3.63) is 54.1 Å². The van der Waals surface area contributed by atoms with Crippen molar-refractivity contribution in [1.29, 1.82) is 0 Å². The third-order valence-corrected chi connectivity index (χ3v) is 5.55. The minimum atomic E-state index is 0.242. The van der Waals surface area contributed by atoms with Crippen molar-refractivity contribution in [1.82, 2.24) is 24.9 Å². The molecule has 0 unspecified atom stereocenters. The van der Waals surface area contributed by atoms with Gasteiger partial charge in [-0.15, -0.1) is 0 Å². The molecule has 4 aromatic rings. The van der Waals surface area contributed by atoms with Crippen molar-refractivity contribution in [2.24, 2.45) is 0 Å². The van der Waals surface area contributed by atoms with Crippen LogP contribution < -0.4 is 5.32 Å². The second-order valence-corrected chi connectivity index (χ2v) is 7.99. The van der Waals surface area contributed by atoms with Gasteiger partial charge in [0.15, 0.2) is 11.0 Å². The highest BCUT2D eigenvalue weighted by Crippen LogP contribution is 2.34. The maximum absolute atomic E-state index is 9.94. The fraction of sp³-hybridized carbons (Fsp3) is 0.227. The minimum Gasteiger partial charge on any atom is -0.508 e. The molecule has 0 aliphatic rings. The zero-order valence-corrected chi connectivity index (χ0v) is 17.9. The summed E-state index contributed by atoms with van der Waals surface area (Å²) in [7, 11) is 0. The fourth-order valence-corrected chi connectivity index (χ4v) is 4.08. The zero-order chi connectivity index (χ0) is 21.1. The Morgan fingerprint density at radius 1 is 0.933 bits per heavy atom. The maximum Gasteiger partial charge on any atom is 0.183 e. The molecule has 0 saturated heterocycles. The van der Waals surface area contributed by atoms with Crippen molar-refractivity contribution in [2.45, 2.75) is 27.2 Å². The number of nitrogens with one attached hydrogen (secondary N) is 1. The van der Waals surface area contributed by atoms with E-state index in [9.17, 15) is 5.11 Å². The van der Waals surface area contributed by atoms with Crippen LogP contribution in [0.3, 0.4) is 0 Å². The van der Waals surface area contributed by atoms with Crippen LogP contribution in [0.2, 0.25) is 0 Å². The fourth-order valence-electron chi connectivity index (χ4n) is 3.28. The number of rotatable bonds is 6. The highest BCUT2D eigenvalue weighted by atomic mass is 32.1. The van der Waals surface area contributed by atoms with Crippen LogP contribution in [0.15, 0.2) is 43.0 Å². The molecule has 0 atom stereocenters. The van der Waals surface area contributed by atoms with Gasteiger partial charge < -0.3 is 10.4 Å². The van der Waals surface area contributed by atoms with Gasteiger partial charge in [0.05, 0.1) is 22.5 Å². The first-order valence-corrected chi connectivity index (χ1v) is 10.5. The van der Waals surface area contributed by atoms with Crippen LogP contribution in [0, 0.1) is 13.8 Å². The van der Waals surface area contributed by atoms with E-state index in [-0.39, 0.29) is 5.75 Å². The van der Waals surface area contributed by atoms with Gasteiger partial charge in [0, 0.05) is 30.7 Å². The van der Waals surface area contributed by atoms with E-state index in [0.717, 1.165) is 51.1 Å². The predicted octanol–water partition coefficient (Wildman–Crippen LogP) is 4.87. The van der Waals surface area contributed by atoms with E-state index in [1.165, 1.54) is 0 Å². The normalized spacial score (nSPS) is 10.9. The summed E-state index contributed by atoms with van der Waals surface area (Å²) in [5.41, 5.74) is 4.99. The molecular weight excluding hydrogens is 396 g/mol. The Balaban J connectivity index is 1.87. The van der Waals surface area contributed by atoms with Gasteiger partial charge in [0.1, 0.15) is 11.4 Å². The van der Waals surface area contributed by atoms with Gasteiger partial charge in [-0.1, -0.05) is 18.3 Å². The number of nitrogens with zero attached hydrogens (tertiary/aromatic N) is 5. The van der Waals surface area contributed by atoms with Gasteiger partial charge >= 0.3 is 0 Å². The van der Waals surface area contributed by atoms with E-state index < -0.39 is 0 Å². The number of phenolic OH excluding ortho intramolecular Hbond substituents is 1. The third kappa shape index (κ3) is 4.13. The summed E-state index contributed by atoms with van der Waals surface area (Å²) in [6.07, 6.45) is 7.76. The topological polar surface area (TPSA) is 96.7 Å². The summed E-state index contributed by atoms with van der Waals surface area (Å²) in [5.74, 6) is 0.741. The van der Waals surface area contributed by atoms with E-state index in [4.69, 9.17) is 9.97 Å². The lowest BCUT2D eigenvalue weighted by molar-refractivity contribution is 0.474. The van der Waals surface area contributed by atoms with Crippen molar-refractivity contribution in [2.75, 3.05) is 11.9 Å². The summed E-state index contributed by atoms with van der Waals surface area (Å²) in [5, 5.41) is 14.1. The molecule has 0 spiro atoms. The van der Waals surface area contributed by atoms with Crippen LogP contribution in [0.4, 0.5) is 5.13 Å². The van der Waals surface area contributed by atoms with Gasteiger partial charge in [-0.25, -0.2) is 19.9 Å². The number of aryl methyl sites for hydroxylation is 2. The molecule has 2 N–H and O–H groups in total. The second kappa shape index (κ2) is 8.54. The van der Waals surface area contributed by atoms with E-state index in [0.29, 0.717) is 11.5 Å². The Morgan fingerprint density at radius 3 is 2.40 bits per heavy atom. The quantitative estimate of drug-likeness (QED) is 0.461. The summed E-state index contributed by atoms with van der Waals surface area (Å²) in [4.78, 5) is 23.5. The molecule has 0 radical (unpaired) electrons. The molecule has 0 aliphatic heterocycles. The van der Waals surface area contributed by atoms with Gasteiger partial charge in [-0.05, 0) is 49.6 Å². The lowest BCUT2D eigenvalue weighted by Gasteiger charge is -2.12. The minimum absolute atomic E-state index is 0.242. The van der Waals surface area contributed by atoms with Gasteiger partial charge in [0.25, 0.3) is 0 Å². The summed E-state index contributed by atoms with van der Waals surface area (Å²) in [6.45, 7) is 6.92. The van der Waals surface area contributed by atoms with E-state index >= 15 is 0 Å². The van der Waals surface area contributed by atoms with Crippen molar-refractivity contribution >= 4 is 16.5 Å². The molecule has 152 valence electrons. The molecule has 1 aromatic carbocycles. The van der Waals surface area contributed by atoms with Crippen LogP contribution in [0.5, 0.6) is 5.75 Å². The Bertz CT molecular complexity index is 1150. The first-order valence-electron chi connectivity index (χ1n) is 9.71. The molecule has 8 heteroatoms. The van der Waals surface area contributed by atoms with Crippen LogP contribution >= 0.6 is 11.3 Å². The van der Waals surface area contributed by atoms with E-state index in [2.05, 4.69) is 27.2 Å². The standard InChI is InChI=1S/C22H22N6OS/c1-4-5-25-22-26-12-19(30-22)16-10-17(20-13(2)8-15(29)9-14(20)3)28-21(27-16)18-11-23-6-7-24-18/h6-12,29H,4-5H2,1-3H3,(H,25,26). The van der Waals surface area contributed by atoms with Crippen LogP contribution in [-0.2, 0) is 0 Å². The lowest BCUT2D eigenvalue weighted by Crippen LogP contribution is -1.99. The molecule has 0 bridgehead atoms. The van der Waals surface area contributed by atoms with Crippen LogP contribution in [-0.4, -0.2) is 36.6 Å². The van der Waals surface area contributed by atoms with Crippen molar-refractivity contribution < 1.29 is 5.11 Å². The van der Waals surface area contributed by atoms with Gasteiger partial charge in [-0.2, -0.15) is 0 Å². The Kier molecular flexibility index (Phi) is 5.67. The number of aromatic nitrogens is 5. The zero-order valence-electron chi connectivity index (χ0n) is 17.0. The second-order valence-electron chi connectivity index (χ2n) is 6.96. The van der Waals surface area contributed by atoms with Gasteiger partial charge in [-0.3, -0.25) is 4.98 Å². The average molecular weight is 419 g/mol. The van der Waals surface area contributed by atoms with E-state index in [1.807, 2.05) is 26.1 Å². The van der Waals surface area contributed by atoms with Crippen LogP contribution in [0.1, 0.15) is 24.5 Å². The monoisotopic (exact) mass is 418 g/mol. The number of anilines is 1. The highest BCUT2D eigenvalue weighted by Gasteiger charge is 2.16.